The first-order valence-electron chi connectivity index (χ1n) is 7.65. The van der Waals surface area contributed by atoms with Gasteiger partial charge in [0.2, 0.25) is 0 Å². The zero-order valence-electron chi connectivity index (χ0n) is 13.7. The third-order valence-corrected chi connectivity index (χ3v) is 4.91. The average molecular weight is 457 g/mol. The highest BCUT2D eigenvalue weighted by atomic mass is 127. The van der Waals surface area contributed by atoms with Crippen LogP contribution in [0.25, 0.3) is 22.3 Å². The Morgan fingerprint density at radius 2 is 1.33 bits per heavy atom. The smallest absolute Gasteiger partial charge is 0.101 e. The fourth-order valence-corrected chi connectivity index (χ4v) is 3.48. The van der Waals surface area contributed by atoms with Gasteiger partial charge in [0.05, 0.1) is 22.3 Å². The molecule has 124 valence electrons. The molecule has 6 heteroatoms. The molecular weight excluding hydrogens is 449 g/mol. The van der Waals surface area contributed by atoms with Gasteiger partial charge in [-0.25, -0.2) is 0 Å². The molecule has 0 bridgehead atoms. The van der Waals surface area contributed by atoms with E-state index in [0.717, 1.165) is 14.7 Å². The maximum atomic E-state index is 9.54. The number of halogens is 1. The predicted molar refractivity (Wildman–Crippen MR) is 107 cm³/mol. The SMILES string of the molecule is N#Cc1ccc(-c2cncc(-c3c(I)ccc(C#N)c3C#N)c2)cc1C#N. The van der Waals surface area contributed by atoms with Crippen molar-refractivity contribution in [3.05, 3.63) is 74.6 Å². The highest BCUT2D eigenvalue weighted by Crippen LogP contribution is 2.33. The summed E-state index contributed by atoms with van der Waals surface area (Å²) in [5.74, 6) is 0. The summed E-state index contributed by atoms with van der Waals surface area (Å²) in [7, 11) is 0. The van der Waals surface area contributed by atoms with E-state index in [9.17, 15) is 15.8 Å². The van der Waals surface area contributed by atoms with Gasteiger partial charge in [-0.2, -0.15) is 21.0 Å². The molecule has 0 saturated heterocycles. The lowest BCUT2D eigenvalue weighted by molar-refractivity contribution is 1.32. The fraction of sp³-hybridized carbons (Fsp3) is 0. The molecule has 1 heterocycles. The second-order valence-electron chi connectivity index (χ2n) is 5.51. The molecule has 0 amide bonds. The summed E-state index contributed by atoms with van der Waals surface area (Å²) in [6.45, 7) is 0. The van der Waals surface area contributed by atoms with Gasteiger partial charge in [0.25, 0.3) is 0 Å². The highest BCUT2D eigenvalue weighted by Gasteiger charge is 2.15. The molecule has 5 nitrogen and oxygen atoms in total. The average Bonchev–Trinajstić information content (AvgIpc) is 2.72. The number of hydrogen-bond donors (Lipinski definition) is 0. The van der Waals surface area contributed by atoms with E-state index < -0.39 is 0 Å². The lowest BCUT2D eigenvalue weighted by atomic mass is 9.95. The number of pyridine rings is 1. The minimum absolute atomic E-state index is 0.291. The number of hydrogen-bond acceptors (Lipinski definition) is 5. The third kappa shape index (κ3) is 3.35. The highest BCUT2D eigenvalue weighted by molar-refractivity contribution is 14.1. The van der Waals surface area contributed by atoms with Gasteiger partial charge in [-0.05, 0) is 58.5 Å². The molecule has 0 aliphatic carbocycles. The van der Waals surface area contributed by atoms with Crippen LogP contribution in [0.1, 0.15) is 22.3 Å². The summed E-state index contributed by atoms with van der Waals surface area (Å²) >= 11 is 2.13. The number of aromatic nitrogens is 1. The third-order valence-electron chi connectivity index (χ3n) is 4.01. The van der Waals surface area contributed by atoms with Crippen molar-refractivity contribution in [3.63, 3.8) is 0 Å². The van der Waals surface area contributed by atoms with Crippen molar-refractivity contribution < 1.29 is 0 Å². The molecule has 0 spiro atoms. The first-order valence-corrected chi connectivity index (χ1v) is 8.73. The van der Waals surface area contributed by atoms with Crippen LogP contribution in [0.2, 0.25) is 0 Å². The summed E-state index contributed by atoms with van der Waals surface area (Å²) in [4.78, 5) is 4.26. The maximum Gasteiger partial charge on any atom is 0.101 e. The predicted octanol–water partition coefficient (Wildman–Crippen LogP) is 4.51. The summed E-state index contributed by atoms with van der Waals surface area (Å²) in [6, 6.07) is 18.4. The molecule has 2 aromatic carbocycles. The van der Waals surface area contributed by atoms with Crippen LogP contribution in [0.15, 0.2) is 48.8 Å². The van der Waals surface area contributed by atoms with Gasteiger partial charge in [-0.15, -0.1) is 0 Å². The van der Waals surface area contributed by atoms with Crippen molar-refractivity contribution in [2.45, 2.75) is 0 Å². The summed E-state index contributed by atoms with van der Waals surface area (Å²) < 4.78 is 0.833. The van der Waals surface area contributed by atoms with Gasteiger partial charge in [0.1, 0.15) is 24.3 Å². The van der Waals surface area contributed by atoms with E-state index in [-0.39, 0.29) is 0 Å². The second kappa shape index (κ2) is 7.67. The molecule has 0 atom stereocenters. The van der Waals surface area contributed by atoms with Gasteiger partial charge in [0.15, 0.2) is 0 Å². The topological polar surface area (TPSA) is 108 Å². The molecule has 0 radical (unpaired) electrons. The maximum absolute atomic E-state index is 9.54. The van der Waals surface area contributed by atoms with Gasteiger partial charge >= 0.3 is 0 Å². The summed E-state index contributed by atoms with van der Waals surface area (Å²) in [5, 5.41) is 37.1. The summed E-state index contributed by atoms with van der Waals surface area (Å²) in [5.41, 5.74) is 4.06. The van der Waals surface area contributed by atoms with Crippen molar-refractivity contribution in [2.24, 2.45) is 0 Å². The van der Waals surface area contributed by atoms with Crippen molar-refractivity contribution in [1.82, 2.24) is 4.98 Å². The lowest BCUT2D eigenvalue weighted by Gasteiger charge is -2.10. The van der Waals surface area contributed by atoms with Gasteiger partial charge in [0, 0.05) is 32.7 Å². The van der Waals surface area contributed by atoms with E-state index in [1.54, 1.807) is 42.7 Å². The van der Waals surface area contributed by atoms with E-state index >= 15 is 0 Å². The molecule has 0 aliphatic rings. The van der Waals surface area contributed by atoms with Crippen LogP contribution in [0.4, 0.5) is 0 Å². The zero-order chi connectivity index (χ0) is 19.4. The molecular formula is C21H8IN5. The van der Waals surface area contributed by atoms with E-state index in [0.29, 0.717) is 33.4 Å². The Kier molecular flexibility index (Phi) is 5.13. The Balaban J connectivity index is 2.20. The fourth-order valence-electron chi connectivity index (χ4n) is 2.72. The van der Waals surface area contributed by atoms with Gasteiger partial charge < -0.3 is 0 Å². The monoisotopic (exact) mass is 457 g/mol. The van der Waals surface area contributed by atoms with Crippen molar-refractivity contribution in [2.75, 3.05) is 0 Å². The number of benzene rings is 2. The molecule has 27 heavy (non-hydrogen) atoms. The molecule has 1 aromatic heterocycles. The van der Waals surface area contributed by atoms with Crippen LogP contribution < -0.4 is 0 Å². The first-order chi connectivity index (χ1) is 13.1. The molecule has 0 unspecified atom stereocenters. The van der Waals surface area contributed by atoms with Crippen LogP contribution in [0.3, 0.4) is 0 Å². The number of nitriles is 4. The Morgan fingerprint density at radius 1 is 0.667 bits per heavy atom. The molecule has 0 aliphatic heterocycles. The van der Waals surface area contributed by atoms with Gasteiger partial charge in [-0.3, -0.25) is 4.98 Å². The van der Waals surface area contributed by atoms with E-state index in [4.69, 9.17) is 5.26 Å². The molecule has 0 saturated carbocycles. The lowest BCUT2D eigenvalue weighted by Crippen LogP contribution is -1.95. The van der Waals surface area contributed by atoms with Crippen molar-refractivity contribution in [3.8, 4) is 46.5 Å². The van der Waals surface area contributed by atoms with Gasteiger partial charge in [-0.1, -0.05) is 6.07 Å². The Hall–Kier alpha value is -3.72. The van der Waals surface area contributed by atoms with Crippen LogP contribution in [-0.2, 0) is 0 Å². The largest absolute Gasteiger partial charge is 0.263 e. The minimum atomic E-state index is 0.291. The van der Waals surface area contributed by atoms with E-state index in [1.165, 1.54) is 0 Å². The number of nitrogens with zero attached hydrogens (tertiary/aromatic N) is 5. The molecule has 3 aromatic rings. The van der Waals surface area contributed by atoms with E-state index in [1.807, 2.05) is 24.3 Å². The van der Waals surface area contributed by atoms with E-state index in [2.05, 4.69) is 33.6 Å². The quantitative estimate of drug-likeness (QED) is 0.527. The number of rotatable bonds is 2. The Morgan fingerprint density at radius 3 is 2.00 bits per heavy atom. The van der Waals surface area contributed by atoms with Crippen molar-refractivity contribution >= 4 is 22.6 Å². The van der Waals surface area contributed by atoms with Crippen molar-refractivity contribution in [1.29, 1.82) is 21.0 Å². The van der Waals surface area contributed by atoms with Crippen LogP contribution in [0.5, 0.6) is 0 Å². The summed E-state index contributed by atoms with van der Waals surface area (Å²) in [6.07, 6.45) is 3.29. The Bertz CT molecular complexity index is 1230. The van der Waals surface area contributed by atoms with Crippen LogP contribution >= 0.6 is 22.6 Å². The first kappa shape index (κ1) is 18.1. The molecule has 0 N–H and O–H groups in total. The standard InChI is InChI=1S/C21H8IN5/c22-20-4-3-15(8-24)19(10-26)21(20)18-6-17(11-27-12-18)13-1-2-14(7-23)16(5-13)9-25/h1-6,11-12H. The Labute approximate surface area is 169 Å². The molecule has 0 fully saturated rings. The van der Waals surface area contributed by atoms with Crippen LogP contribution in [-0.4, -0.2) is 4.98 Å². The normalized spacial score (nSPS) is 9.52. The molecule has 3 rings (SSSR count). The van der Waals surface area contributed by atoms with Crippen LogP contribution in [0, 0.1) is 48.9 Å². The minimum Gasteiger partial charge on any atom is -0.263 e. The zero-order valence-corrected chi connectivity index (χ0v) is 15.9. The second-order valence-corrected chi connectivity index (χ2v) is 6.68.